The van der Waals surface area contributed by atoms with Crippen LogP contribution in [0.1, 0.15) is 26.2 Å². The minimum atomic E-state index is 0.690. The first kappa shape index (κ1) is 14.3. The highest BCUT2D eigenvalue weighted by molar-refractivity contribution is 5.45. The average Bonchev–Trinajstić information content (AvgIpc) is 3.08. The minimum absolute atomic E-state index is 0.690. The summed E-state index contributed by atoms with van der Waals surface area (Å²) in [6.07, 6.45) is 3.49. The van der Waals surface area contributed by atoms with E-state index in [9.17, 15) is 0 Å². The lowest BCUT2D eigenvalue weighted by Gasteiger charge is -2.28. The SMILES string of the molecule is CCCNc1nc(N2CCCC2)nc(N2CCOCC2)n1. The van der Waals surface area contributed by atoms with Crippen LogP contribution in [-0.4, -0.2) is 60.9 Å². The van der Waals surface area contributed by atoms with E-state index in [1.165, 1.54) is 12.8 Å². The molecular formula is C14H24N6O. The van der Waals surface area contributed by atoms with E-state index in [2.05, 4.69) is 37.0 Å². The lowest BCUT2D eigenvalue weighted by atomic mass is 10.4. The third-order valence-corrected chi connectivity index (χ3v) is 3.83. The molecule has 3 rings (SSSR count). The Morgan fingerprint density at radius 2 is 1.57 bits per heavy atom. The van der Waals surface area contributed by atoms with Gasteiger partial charge in [0.15, 0.2) is 0 Å². The molecule has 2 fully saturated rings. The predicted molar refractivity (Wildman–Crippen MR) is 83.1 cm³/mol. The van der Waals surface area contributed by atoms with Gasteiger partial charge in [-0.05, 0) is 19.3 Å². The van der Waals surface area contributed by atoms with Crippen LogP contribution in [0.2, 0.25) is 0 Å². The van der Waals surface area contributed by atoms with Gasteiger partial charge in [-0.25, -0.2) is 0 Å². The summed E-state index contributed by atoms with van der Waals surface area (Å²) in [4.78, 5) is 18.3. The first-order chi connectivity index (χ1) is 10.4. The quantitative estimate of drug-likeness (QED) is 0.872. The van der Waals surface area contributed by atoms with E-state index in [1.807, 2.05) is 0 Å². The topological polar surface area (TPSA) is 66.4 Å². The molecule has 1 aromatic heterocycles. The average molecular weight is 292 g/mol. The van der Waals surface area contributed by atoms with Gasteiger partial charge in [-0.3, -0.25) is 0 Å². The summed E-state index contributed by atoms with van der Waals surface area (Å²) < 4.78 is 5.41. The second kappa shape index (κ2) is 6.89. The van der Waals surface area contributed by atoms with Crippen LogP contribution < -0.4 is 15.1 Å². The number of morpholine rings is 1. The standard InChI is InChI=1S/C14H24N6O/c1-2-5-15-12-16-13(19-6-3-4-7-19)18-14(17-12)20-8-10-21-11-9-20/h2-11H2,1H3,(H,15,16,17,18). The summed E-state index contributed by atoms with van der Waals surface area (Å²) in [5.74, 6) is 2.27. The van der Waals surface area contributed by atoms with E-state index in [0.29, 0.717) is 5.95 Å². The number of nitrogens with zero attached hydrogens (tertiary/aromatic N) is 5. The van der Waals surface area contributed by atoms with E-state index >= 15 is 0 Å². The van der Waals surface area contributed by atoms with Gasteiger partial charge in [0, 0.05) is 32.7 Å². The van der Waals surface area contributed by atoms with E-state index in [1.54, 1.807) is 0 Å². The highest BCUT2D eigenvalue weighted by atomic mass is 16.5. The molecule has 7 nitrogen and oxygen atoms in total. The molecule has 1 aromatic rings. The first-order valence-electron chi connectivity index (χ1n) is 7.94. The lowest BCUT2D eigenvalue weighted by molar-refractivity contribution is 0.122. The van der Waals surface area contributed by atoms with Gasteiger partial charge in [0.25, 0.3) is 0 Å². The van der Waals surface area contributed by atoms with E-state index in [-0.39, 0.29) is 0 Å². The molecule has 2 aliphatic rings. The van der Waals surface area contributed by atoms with Gasteiger partial charge >= 0.3 is 0 Å². The van der Waals surface area contributed by atoms with Crippen LogP contribution in [0.5, 0.6) is 0 Å². The summed E-state index contributed by atoms with van der Waals surface area (Å²) in [5, 5.41) is 3.29. The molecule has 2 saturated heterocycles. The second-order valence-electron chi connectivity index (χ2n) is 5.48. The third-order valence-electron chi connectivity index (χ3n) is 3.83. The molecule has 3 heterocycles. The van der Waals surface area contributed by atoms with Crippen LogP contribution in [0.15, 0.2) is 0 Å². The first-order valence-corrected chi connectivity index (χ1v) is 7.94. The highest BCUT2D eigenvalue weighted by Gasteiger charge is 2.20. The highest BCUT2D eigenvalue weighted by Crippen LogP contribution is 2.20. The molecule has 1 N–H and O–H groups in total. The summed E-state index contributed by atoms with van der Waals surface area (Å²) >= 11 is 0. The Bertz CT molecular complexity index is 457. The fraction of sp³-hybridized carbons (Fsp3) is 0.786. The van der Waals surface area contributed by atoms with Crippen molar-refractivity contribution in [3.63, 3.8) is 0 Å². The number of rotatable bonds is 5. The Balaban J connectivity index is 1.84. The van der Waals surface area contributed by atoms with Gasteiger partial charge in [0.2, 0.25) is 17.8 Å². The van der Waals surface area contributed by atoms with Crippen molar-refractivity contribution >= 4 is 17.8 Å². The van der Waals surface area contributed by atoms with Crippen LogP contribution >= 0.6 is 0 Å². The molecule has 0 atom stereocenters. The van der Waals surface area contributed by atoms with Gasteiger partial charge in [-0.2, -0.15) is 15.0 Å². The zero-order chi connectivity index (χ0) is 14.5. The van der Waals surface area contributed by atoms with Crippen molar-refractivity contribution in [2.24, 2.45) is 0 Å². The molecule has 0 aromatic carbocycles. The van der Waals surface area contributed by atoms with Gasteiger partial charge in [0.1, 0.15) is 0 Å². The minimum Gasteiger partial charge on any atom is -0.378 e. The zero-order valence-electron chi connectivity index (χ0n) is 12.7. The summed E-state index contributed by atoms with van der Waals surface area (Å²) in [6.45, 7) is 8.27. The number of ether oxygens (including phenoxy) is 1. The molecule has 0 spiro atoms. The Morgan fingerprint density at radius 3 is 2.19 bits per heavy atom. The lowest BCUT2D eigenvalue weighted by Crippen LogP contribution is -2.38. The van der Waals surface area contributed by atoms with Crippen molar-refractivity contribution in [1.82, 2.24) is 15.0 Å². The molecule has 0 radical (unpaired) electrons. The normalized spacial score (nSPS) is 19.1. The smallest absolute Gasteiger partial charge is 0.232 e. The molecular weight excluding hydrogens is 268 g/mol. The number of hydrogen-bond acceptors (Lipinski definition) is 7. The zero-order valence-corrected chi connectivity index (χ0v) is 12.7. The van der Waals surface area contributed by atoms with Gasteiger partial charge in [0.05, 0.1) is 13.2 Å². The Labute approximate surface area is 125 Å². The molecule has 7 heteroatoms. The largest absolute Gasteiger partial charge is 0.378 e. The molecule has 0 bridgehead atoms. The fourth-order valence-corrected chi connectivity index (χ4v) is 2.63. The van der Waals surface area contributed by atoms with Crippen LogP contribution in [0.4, 0.5) is 17.8 Å². The molecule has 21 heavy (non-hydrogen) atoms. The maximum absolute atomic E-state index is 5.41. The number of anilines is 3. The Hall–Kier alpha value is -1.63. The predicted octanol–water partition coefficient (Wildman–Crippen LogP) is 1.13. The Kier molecular flexibility index (Phi) is 4.69. The van der Waals surface area contributed by atoms with Crippen molar-refractivity contribution in [2.75, 3.05) is 61.1 Å². The van der Waals surface area contributed by atoms with Gasteiger partial charge in [-0.1, -0.05) is 6.92 Å². The van der Waals surface area contributed by atoms with E-state index < -0.39 is 0 Å². The molecule has 0 amide bonds. The Morgan fingerprint density at radius 1 is 0.952 bits per heavy atom. The number of nitrogens with one attached hydrogen (secondary N) is 1. The number of aromatic nitrogens is 3. The van der Waals surface area contributed by atoms with E-state index in [0.717, 1.165) is 64.3 Å². The molecule has 0 saturated carbocycles. The second-order valence-corrected chi connectivity index (χ2v) is 5.48. The van der Waals surface area contributed by atoms with Crippen molar-refractivity contribution in [3.05, 3.63) is 0 Å². The maximum atomic E-state index is 5.41. The van der Waals surface area contributed by atoms with Crippen molar-refractivity contribution in [2.45, 2.75) is 26.2 Å². The van der Waals surface area contributed by atoms with Crippen molar-refractivity contribution < 1.29 is 4.74 Å². The van der Waals surface area contributed by atoms with Crippen LogP contribution in [0.25, 0.3) is 0 Å². The summed E-state index contributed by atoms with van der Waals surface area (Å²) in [6, 6.07) is 0. The molecule has 116 valence electrons. The molecule has 0 unspecified atom stereocenters. The number of hydrogen-bond donors (Lipinski definition) is 1. The van der Waals surface area contributed by atoms with Crippen molar-refractivity contribution in [1.29, 1.82) is 0 Å². The van der Waals surface area contributed by atoms with Crippen LogP contribution in [0, 0.1) is 0 Å². The fourth-order valence-electron chi connectivity index (χ4n) is 2.63. The monoisotopic (exact) mass is 292 g/mol. The molecule has 2 aliphatic heterocycles. The van der Waals surface area contributed by atoms with Crippen molar-refractivity contribution in [3.8, 4) is 0 Å². The van der Waals surface area contributed by atoms with E-state index in [4.69, 9.17) is 4.74 Å². The molecule has 0 aliphatic carbocycles. The summed E-state index contributed by atoms with van der Waals surface area (Å²) in [7, 11) is 0. The third kappa shape index (κ3) is 3.53. The summed E-state index contributed by atoms with van der Waals surface area (Å²) in [5.41, 5.74) is 0. The van der Waals surface area contributed by atoms with Gasteiger partial charge in [-0.15, -0.1) is 0 Å². The van der Waals surface area contributed by atoms with Crippen LogP contribution in [0.3, 0.4) is 0 Å². The maximum Gasteiger partial charge on any atom is 0.232 e. The van der Waals surface area contributed by atoms with Gasteiger partial charge < -0.3 is 19.9 Å². The van der Waals surface area contributed by atoms with Crippen LogP contribution in [-0.2, 0) is 4.74 Å².